The van der Waals surface area contributed by atoms with E-state index in [1.807, 2.05) is 18.4 Å². The molecule has 0 aromatic carbocycles. The Morgan fingerprint density at radius 2 is 2.50 bits per heavy atom. The molecule has 1 rings (SSSR count). The molecule has 0 aliphatic rings. The molecule has 0 aliphatic heterocycles. The highest BCUT2D eigenvalue weighted by atomic mass is 79.9. The molecule has 3 N–H and O–H groups in total. The summed E-state index contributed by atoms with van der Waals surface area (Å²) in [4.78, 5) is 12.4. The Morgan fingerprint density at radius 1 is 1.79 bits per heavy atom. The Kier molecular flexibility index (Phi) is 4.57. The summed E-state index contributed by atoms with van der Waals surface area (Å²) >= 11 is 5.02. The number of nitrogens with one attached hydrogen (secondary N) is 1. The van der Waals surface area contributed by atoms with Crippen molar-refractivity contribution in [1.29, 1.82) is 0 Å². The highest BCUT2D eigenvalue weighted by Gasteiger charge is 2.06. The number of halogens is 1. The van der Waals surface area contributed by atoms with Crippen LogP contribution in [0.5, 0.6) is 0 Å². The van der Waals surface area contributed by atoms with Crippen LogP contribution in [-0.4, -0.2) is 11.9 Å². The van der Waals surface area contributed by atoms with E-state index >= 15 is 0 Å². The second kappa shape index (κ2) is 5.48. The van der Waals surface area contributed by atoms with Crippen LogP contribution >= 0.6 is 27.3 Å². The van der Waals surface area contributed by atoms with E-state index < -0.39 is 0 Å². The summed E-state index contributed by atoms with van der Waals surface area (Å²) in [5, 5.41) is 4.80. The number of rotatable bonds is 4. The largest absolute Gasteiger partial charge is 0.351 e. The molecule has 1 unspecified atom stereocenters. The van der Waals surface area contributed by atoms with Gasteiger partial charge in [0.15, 0.2) is 0 Å². The lowest BCUT2D eigenvalue weighted by molar-refractivity contribution is -0.121. The Bertz CT molecular complexity index is 312. The summed E-state index contributed by atoms with van der Waals surface area (Å²) in [5.74, 6) is 0.000278. The maximum absolute atomic E-state index is 11.3. The zero-order chi connectivity index (χ0) is 10.6. The van der Waals surface area contributed by atoms with Crippen LogP contribution in [0.25, 0.3) is 0 Å². The Balaban J connectivity index is 2.34. The van der Waals surface area contributed by atoms with Gasteiger partial charge in [-0.2, -0.15) is 0 Å². The van der Waals surface area contributed by atoms with Crippen LogP contribution in [0, 0.1) is 0 Å². The molecule has 0 radical (unpaired) electrons. The fourth-order valence-electron chi connectivity index (χ4n) is 0.995. The maximum Gasteiger partial charge on any atom is 0.221 e. The van der Waals surface area contributed by atoms with Crippen molar-refractivity contribution in [2.24, 2.45) is 5.73 Å². The van der Waals surface area contributed by atoms with Gasteiger partial charge in [0.05, 0.1) is 6.54 Å². The molecule has 1 atom stereocenters. The first-order valence-corrected chi connectivity index (χ1v) is 6.01. The predicted molar refractivity (Wildman–Crippen MR) is 62.1 cm³/mol. The minimum Gasteiger partial charge on any atom is -0.351 e. The van der Waals surface area contributed by atoms with Crippen molar-refractivity contribution in [2.45, 2.75) is 25.9 Å². The second-order valence-electron chi connectivity index (χ2n) is 3.15. The van der Waals surface area contributed by atoms with E-state index in [0.29, 0.717) is 13.0 Å². The number of carbonyl (C=O) groups excluding carboxylic acids is 1. The SMILES string of the molecule is CC(N)CC(=O)NCc1sccc1Br. The highest BCUT2D eigenvalue weighted by Crippen LogP contribution is 2.22. The van der Waals surface area contributed by atoms with Gasteiger partial charge in [0.25, 0.3) is 0 Å². The van der Waals surface area contributed by atoms with Gasteiger partial charge in [-0.25, -0.2) is 0 Å². The smallest absolute Gasteiger partial charge is 0.221 e. The van der Waals surface area contributed by atoms with Crippen LogP contribution in [0.15, 0.2) is 15.9 Å². The summed E-state index contributed by atoms with van der Waals surface area (Å²) in [7, 11) is 0. The standard InChI is InChI=1S/C9H13BrN2OS/c1-6(11)4-9(13)12-5-8-7(10)2-3-14-8/h2-3,6H,4-5,11H2,1H3,(H,12,13). The first-order chi connectivity index (χ1) is 6.59. The van der Waals surface area contributed by atoms with Crippen LogP contribution in [0.2, 0.25) is 0 Å². The third-order valence-corrected chi connectivity index (χ3v) is 3.57. The van der Waals surface area contributed by atoms with Crippen LogP contribution in [0.3, 0.4) is 0 Å². The number of thiophene rings is 1. The number of hydrogen-bond acceptors (Lipinski definition) is 3. The fraction of sp³-hybridized carbons (Fsp3) is 0.444. The van der Waals surface area contributed by atoms with Gasteiger partial charge in [-0.15, -0.1) is 11.3 Å². The third-order valence-electron chi connectivity index (χ3n) is 1.64. The van der Waals surface area contributed by atoms with Gasteiger partial charge in [0, 0.05) is 21.8 Å². The highest BCUT2D eigenvalue weighted by molar-refractivity contribution is 9.10. The van der Waals surface area contributed by atoms with Crippen molar-refractivity contribution >= 4 is 33.2 Å². The van der Waals surface area contributed by atoms with Gasteiger partial charge in [0.2, 0.25) is 5.91 Å². The second-order valence-corrected chi connectivity index (χ2v) is 5.00. The van der Waals surface area contributed by atoms with E-state index in [1.54, 1.807) is 11.3 Å². The molecule has 0 bridgehead atoms. The van der Waals surface area contributed by atoms with E-state index in [4.69, 9.17) is 5.73 Å². The number of amides is 1. The van der Waals surface area contributed by atoms with E-state index in [-0.39, 0.29) is 11.9 Å². The van der Waals surface area contributed by atoms with Gasteiger partial charge in [-0.1, -0.05) is 0 Å². The van der Waals surface area contributed by atoms with Crippen molar-refractivity contribution < 1.29 is 4.79 Å². The number of nitrogens with two attached hydrogens (primary N) is 1. The fourth-order valence-corrected chi connectivity index (χ4v) is 2.43. The summed E-state index contributed by atoms with van der Waals surface area (Å²) in [6.45, 7) is 2.39. The Labute approximate surface area is 95.8 Å². The molecule has 1 aromatic rings. The van der Waals surface area contributed by atoms with E-state index in [2.05, 4.69) is 21.2 Å². The van der Waals surface area contributed by atoms with Crippen LogP contribution in [0.1, 0.15) is 18.2 Å². The Hall–Kier alpha value is -0.390. The minimum absolute atomic E-state index is 0.000278. The zero-order valence-electron chi connectivity index (χ0n) is 7.92. The summed E-state index contributed by atoms with van der Waals surface area (Å²) in [6, 6.07) is 1.89. The van der Waals surface area contributed by atoms with Crippen molar-refractivity contribution in [3.63, 3.8) is 0 Å². The molecule has 1 amide bonds. The summed E-state index contributed by atoms with van der Waals surface area (Å²) in [6.07, 6.45) is 0.378. The van der Waals surface area contributed by atoms with Crippen LogP contribution in [0.4, 0.5) is 0 Å². The molecule has 0 saturated heterocycles. The van der Waals surface area contributed by atoms with Gasteiger partial charge < -0.3 is 11.1 Å². The quantitative estimate of drug-likeness (QED) is 0.882. The minimum atomic E-state index is -0.0817. The molecular formula is C9H13BrN2OS. The van der Waals surface area contributed by atoms with Crippen LogP contribution < -0.4 is 11.1 Å². The molecular weight excluding hydrogens is 264 g/mol. The van der Waals surface area contributed by atoms with Crippen molar-refractivity contribution in [3.05, 3.63) is 20.8 Å². The third kappa shape index (κ3) is 3.77. The monoisotopic (exact) mass is 276 g/mol. The maximum atomic E-state index is 11.3. The van der Waals surface area contributed by atoms with Crippen molar-refractivity contribution in [2.75, 3.05) is 0 Å². The molecule has 0 aliphatic carbocycles. The first-order valence-electron chi connectivity index (χ1n) is 4.33. The van der Waals surface area contributed by atoms with E-state index in [1.165, 1.54) is 0 Å². The van der Waals surface area contributed by atoms with Crippen molar-refractivity contribution in [3.8, 4) is 0 Å². The molecule has 14 heavy (non-hydrogen) atoms. The van der Waals surface area contributed by atoms with E-state index in [9.17, 15) is 4.79 Å². The molecule has 0 fully saturated rings. The van der Waals surface area contributed by atoms with Crippen molar-refractivity contribution in [1.82, 2.24) is 5.32 Å². The van der Waals surface area contributed by atoms with Gasteiger partial charge in [0.1, 0.15) is 0 Å². The molecule has 78 valence electrons. The molecule has 0 saturated carbocycles. The molecule has 5 heteroatoms. The van der Waals surface area contributed by atoms with Gasteiger partial charge in [-0.3, -0.25) is 4.79 Å². The average Bonchev–Trinajstić information content (AvgIpc) is 2.46. The Morgan fingerprint density at radius 3 is 3.00 bits per heavy atom. The normalized spacial score (nSPS) is 12.5. The average molecular weight is 277 g/mol. The lowest BCUT2D eigenvalue weighted by atomic mass is 10.2. The number of carbonyl (C=O) groups is 1. The van der Waals surface area contributed by atoms with Gasteiger partial charge in [-0.05, 0) is 34.3 Å². The number of hydrogen-bond donors (Lipinski definition) is 2. The lowest BCUT2D eigenvalue weighted by Gasteiger charge is -2.06. The lowest BCUT2D eigenvalue weighted by Crippen LogP contribution is -2.29. The predicted octanol–water partition coefficient (Wildman–Crippen LogP) is 1.86. The molecule has 1 heterocycles. The summed E-state index contributed by atoms with van der Waals surface area (Å²) in [5.41, 5.74) is 5.50. The van der Waals surface area contributed by atoms with E-state index in [0.717, 1.165) is 9.35 Å². The van der Waals surface area contributed by atoms with Crippen LogP contribution in [-0.2, 0) is 11.3 Å². The topological polar surface area (TPSA) is 55.1 Å². The van der Waals surface area contributed by atoms with Gasteiger partial charge >= 0.3 is 0 Å². The molecule has 1 aromatic heterocycles. The molecule has 3 nitrogen and oxygen atoms in total. The summed E-state index contributed by atoms with van der Waals surface area (Å²) < 4.78 is 1.04. The molecule has 0 spiro atoms. The zero-order valence-corrected chi connectivity index (χ0v) is 10.3. The first kappa shape index (κ1) is 11.7.